The summed E-state index contributed by atoms with van der Waals surface area (Å²) in [6.07, 6.45) is 4.41. The highest BCUT2D eigenvalue weighted by molar-refractivity contribution is 5.71. The Bertz CT molecular complexity index is 1630. The van der Waals surface area contributed by atoms with E-state index in [0.29, 0.717) is 0 Å². The van der Waals surface area contributed by atoms with E-state index in [-0.39, 0.29) is 38.2 Å². The second-order valence-electron chi connectivity index (χ2n) is 17.1. The zero-order chi connectivity index (χ0) is 47.6. The molecule has 0 amide bonds. The molecule has 362 valence electrons. The predicted molar refractivity (Wildman–Crippen MR) is 232 cm³/mol. The van der Waals surface area contributed by atoms with Crippen molar-refractivity contribution in [2.75, 3.05) is 6.61 Å². The minimum atomic E-state index is -2.32. The number of carbonyl (C=O) groups is 2. The molecule has 18 heteroatoms. The van der Waals surface area contributed by atoms with E-state index in [1.807, 2.05) is 19.1 Å². The van der Waals surface area contributed by atoms with E-state index in [1.165, 1.54) is 6.08 Å². The first-order valence-electron chi connectivity index (χ1n) is 21.9. The van der Waals surface area contributed by atoms with Crippen molar-refractivity contribution in [1.29, 1.82) is 0 Å². The molecule has 0 aliphatic carbocycles. The lowest BCUT2D eigenvalue weighted by Crippen LogP contribution is -2.59. The molecule has 3 aliphatic heterocycles. The summed E-state index contributed by atoms with van der Waals surface area (Å²) in [6, 6.07) is -1.13. The number of ether oxygens (including phenoxy) is 4. The zero-order valence-electron chi connectivity index (χ0n) is 36.7. The minimum Gasteiger partial charge on any atom is -0.481 e. The third kappa shape index (κ3) is 18.4. The van der Waals surface area contributed by atoms with Crippen molar-refractivity contribution in [2.45, 2.75) is 164 Å². The van der Waals surface area contributed by atoms with Gasteiger partial charge in [-0.3, -0.25) is 9.59 Å². The number of allylic oxidation sites excluding steroid dienone is 12. The number of cyclic esters (lactones) is 1. The number of carboxylic acid groups (broad SMARTS) is 1. The molecule has 0 radical (unpaired) electrons. The fraction of sp³-hybridized carbons (Fsp3) is 0.652. The van der Waals surface area contributed by atoms with Gasteiger partial charge in [-0.05, 0) is 26.2 Å². The summed E-state index contributed by atoms with van der Waals surface area (Å²) >= 11 is 0. The average Bonchev–Trinajstić information content (AvgIpc) is 3.21. The van der Waals surface area contributed by atoms with E-state index < -0.39 is 141 Å². The van der Waals surface area contributed by atoms with E-state index in [4.69, 9.17) is 24.7 Å². The van der Waals surface area contributed by atoms with E-state index in [1.54, 1.807) is 80.7 Å². The van der Waals surface area contributed by atoms with Gasteiger partial charge in [0.25, 0.3) is 0 Å². The highest BCUT2D eigenvalue weighted by atomic mass is 16.7. The molecule has 2 fully saturated rings. The highest BCUT2D eigenvalue weighted by Crippen LogP contribution is 2.38. The number of hydrogen-bond donors (Lipinski definition) is 12. The number of aliphatic hydroxyl groups excluding tert-OH is 9. The first-order chi connectivity index (χ1) is 30.2. The second-order valence-corrected chi connectivity index (χ2v) is 17.1. The molecule has 18 nitrogen and oxygen atoms in total. The Labute approximate surface area is 374 Å². The lowest BCUT2D eigenvalue weighted by Gasteiger charge is -2.45. The van der Waals surface area contributed by atoms with Gasteiger partial charge < -0.3 is 80.9 Å². The molecule has 0 aromatic rings. The van der Waals surface area contributed by atoms with Crippen LogP contribution in [0, 0.1) is 17.8 Å². The number of esters is 1. The van der Waals surface area contributed by atoms with Gasteiger partial charge in [-0.2, -0.15) is 0 Å². The Kier molecular flexibility index (Phi) is 23.4. The van der Waals surface area contributed by atoms with Crippen molar-refractivity contribution in [3.05, 3.63) is 85.1 Å². The lowest BCUT2D eigenvalue weighted by molar-refractivity contribution is -0.305. The zero-order valence-corrected chi connectivity index (χ0v) is 36.7. The second kappa shape index (κ2) is 27.3. The molecule has 13 N–H and O–H groups in total. The van der Waals surface area contributed by atoms with E-state index in [2.05, 4.69) is 0 Å². The van der Waals surface area contributed by atoms with Crippen molar-refractivity contribution in [3.63, 3.8) is 0 Å². The van der Waals surface area contributed by atoms with Gasteiger partial charge in [0.1, 0.15) is 18.1 Å². The van der Waals surface area contributed by atoms with Gasteiger partial charge in [-0.15, -0.1) is 0 Å². The van der Waals surface area contributed by atoms with Crippen molar-refractivity contribution < 1.29 is 84.7 Å². The smallest absolute Gasteiger partial charge is 0.311 e. The molecule has 64 heavy (non-hydrogen) atoms. The van der Waals surface area contributed by atoms with Gasteiger partial charge in [-0.25, -0.2) is 0 Å². The van der Waals surface area contributed by atoms with Gasteiger partial charge in [0, 0.05) is 37.5 Å². The van der Waals surface area contributed by atoms with Crippen LogP contribution >= 0.6 is 0 Å². The van der Waals surface area contributed by atoms with Gasteiger partial charge in [0.15, 0.2) is 12.1 Å². The van der Waals surface area contributed by atoms with Gasteiger partial charge in [0.05, 0.1) is 80.1 Å². The molecule has 0 saturated carbocycles. The fourth-order valence-electron chi connectivity index (χ4n) is 7.72. The maximum atomic E-state index is 12.6. The Morgan fingerprint density at radius 2 is 1.27 bits per heavy atom. The summed E-state index contributed by atoms with van der Waals surface area (Å²) in [5.41, 5.74) is 5.93. The van der Waals surface area contributed by atoms with Gasteiger partial charge in [0.2, 0.25) is 0 Å². The molecular weight excluding hydrogens is 838 g/mol. The Morgan fingerprint density at radius 3 is 1.86 bits per heavy atom. The van der Waals surface area contributed by atoms with Crippen LogP contribution in [0.2, 0.25) is 0 Å². The molecule has 3 rings (SSSR count). The third-order valence-corrected chi connectivity index (χ3v) is 11.7. The van der Waals surface area contributed by atoms with Crippen LogP contribution in [0.25, 0.3) is 0 Å². The van der Waals surface area contributed by atoms with Crippen molar-refractivity contribution in [1.82, 2.24) is 0 Å². The molecule has 0 aromatic heterocycles. The number of carboxylic acids is 1. The fourth-order valence-corrected chi connectivity index (χ4v) is 7.72. The maximum absolute atomic E-state index is 12.6. The predicted octanol–water partition coefficient (Wildman–Crippen LogP) is 0.323. The number of aliphatic hydroxyl groups is 10. The molecular formula is C46H71NO17. The van der Waals surface area contributed by atoms with Crippen molar-refractivity contribution in [2.24, 2.45) is 23.5 Å². The van der Waals surface area contributed by atoms with Crippen molar-refractivity contribution >= 4 is 11.9 Å². The minimum absolute atomic E-state index is 0.106. The van der Waals surface area contributed by atoms with Crippen LogP contribution in [0.4, 0.5) is 0 Å². The van der Waals surface area contributed by atoms with Crippen LogP contribution in [0.5, 0.6) is 0 Å². The topological polar surface area (TPSA) is 320 Å². The standard InChI is InChI=1S/C46H71NO17/c1-27-16-14-12-10-8-6-4-5-7-9-11-13-15-17-33(63-45-43(57)41(47)37(54)26-61-45)23-38-40(44(58)59)36(53)25-46(60,64-38)24-32(50)21-35(52)34(51)19-18-30(48)20-31(49)22-39(55)62-29(3)28(2)42(27)56/h4-17,27-38,40-43,45,48-54,56-57,60H,18-26,47H2,1-3H3,(H,58,59)/b5-4+,8-6+,9-7+,12-10+,13-11+,16-14+,17-15+/t27-,28-,29-,30?,31?,32?,33-,34+,35?,36-,37+,38-,40+,41-,42+,43+,45?,46?/m0/s1. The van der Waals surface area contributed by atoms with E-state index in [9.17, 15) is 65.8 Å². The van der Waals surface area contributed by atoms with Gasteiger partial charge >= 0.3 is 11.9 Å². The number of nitrogens with two attached hydrogens (primary N) is 1. The van der Waals surface area contributed by atoms with Crippen LogP contribution in [-0.4, -0.2) is 166 Å². The Hall–Kier alpha value is -3.44. The molecule has 3 heterocycles. The van der Waals surface area contributed by atoms with E-state index >= 15 is 0 Å². The molecule has 18 atom stereocenters. The molecule has 6 unspecified atom stereocenters. The summed E-state index contributed by atoms with van der Waals surface area (Å²) < 4.78 is 22.8. The number of hydrogen-bond acceptors (Lipinski definition) is 17. The van der Waals surface area contributed by atoms with Crippen LogP contribution in [-0.2, 0) is 28.5 Å². The van der Waals surface area contributed by atoms with Crippen LogP contribution in [0.1, 0.15) is 72.1 Å². The number of rotatable bonds is 3. The van der Waals surface area contributed by atoms with E-state index in [0.717, 1.165) is 0 Å². The molecule has 3 aliphatic rings. The largest absolute Gasteiger partial charge is 0.481 e. The third-order valence-electron chi connectivity index (χ3n) is 11.7. The summed E-state index contributed by atoms with van der Waals surface area (Å²) in [7, 11) is 0. The molecule has 0 spiro atoms. The molecule has 0 aromatic carbocycles. The average molecular weight is 910 g/mol. The quantitative estimate of drug-likeness (QED) is 0.170. The maximum Gasteiger partial charge on any atom is 0.311 e. The number of aliphatic carboxylic acids is 1. The summed E-state index contributed by atoms with van der Waals surface area (Å²) in [5, 5.41) is 118. The Balaban J connectivity index is 1.84. The summed E-state index contributed by atoms with van der Waals surface area (Å²) in [5.74, 6) is -6.81. The van der Waals surface area contributed by atoms with Gasteiger partial charge in [-0.1, -0.05) is 98.9 Å². The van der Waals surface area contributed by atoms with Crippen LogP contribution in [0.3, 0.4) is 0 Å². The van der Waals surface area contributed by atoms with Crippen molar-refractivity contribution in [3.8, 4) is 0 Å². The van der Waals surface area contributed by atoms with Crippen LogP contribution in [0.15, 0.2) is 85.1 Å². The Morgan fingerprint density at radius 1 is 0.688 bits per heavy atom. The summed E-state index contributed by atoms with van der Waals surface area (Å²) in [6.45, 7) is 4.95. The number of carbonyl (C=O) groups excluding carboxylic acids is 1. The SMILES string of the molecule is C[C@@H]1[C@H](O)[C@@H](C)/C=C/C=C/C=C/C=C/C=C/C=C/C=C/[C@H](OC2OC[C@@H](O)[C@H](N)[C@H]2O)C[C@@H]2OC(O)(CC(O)CC(O)[C@H](O)CCC(O)CC(O)CC(=O)O[C@H]1C)C[C@H](O)[C@H]2C(=O)O. The first-order valence-corrected chi connectivity index (χ1v) is 21.9. The molecule has 2 bridgehead atoms. The summed E-state index contributed by atoms with van der Waals surface area (Å²) in [4.78, 5) is 25.0. The number of fused-ring (bicyclic) bond motifs is 2. The lowest BCUT2D eigenvalue weighted by atomic mass is 9.82. The normalized spacial score (nSPS) is 44.8. The van der Waals surface area contributed by atoms with Crippen LogP contribution < -0.4 is 5.73 Å². The molecule has 2 saturated heterocycles. The highest BCUT2D eigenvalue weighted by Gasteiger charge is 2.50. The first kappa shape index (κ1) is 54.9. The monoisotopic (exact) mass is 909 g/mol.